The van der Waals surface area contributed by atoms with E-state index >= 15 is 0 Å². The number of nitrogens with zero attached hydrogens (tertiary/aromatic N) is 1. The van der Waals surface area contributed by atoms with Crippen LogP contribution in [-0.4, -0.2) is 29.9 Å². The number of carbonyl (C=O) groups is 2. The van der Waals surface area contributed by atoms with Crippen LogP contribution in [0.1, 0.15) is 33.7 Å². The van der Waals surface area contributed by atoms with E-state index in [0.29, 0.717) is 18.1 Å². The quantitative estimate of drug-likeness (QED) is 0.320. The molecular formula is C32H28NNaO5. The van der Waals surface area contributed by atoms with Gasteiger partial charge in [0, 0.05) is 18.5 Å². The van der Waals surface area contributed by atoms with Crippen LogP contribution in [0.2, 0.25) is 0 Å². The summed E-state index contributed by atoms with van der Waals surface area (Å²) in [5.41, 5.74) is 4.11. The first kappa shape index (κ1) is 28.4. The van der Waals surface area contributed by atoms with Crippen molar-refractivity contribution in [2.45, 2.75) is 31.5 Å². The molecule has 0 aliphatic carbocycles. The topological polar surface area (TPSA) is 78.9 Å². The Morgan fingerprint density at radius 1 is 0.872 bits per heavy atom. The third kappa shape index (κ3) is 6.19. The van der Waals surface area contributed by atoms with E-state index in [-0.39, 0.29) is 48.4 Å². The van der Waals surface area contributed by atoms with Gasteiger partial charge in [-0.3, -0.25) is 4.79 Å². The fourth-order valence-electron chi connectivity index (χ4n) is 5.04. The van der Waals surface area contributed by atoms with E-state index in [0.717, 1.165) is 27.8 Å². The zero-order chi connectivity index (χ0) is 26.5. The number of rotatable bonds is 8. The second-order valence-electron chi connectivity index (χ2n) is 9.27. The smallest absolute Gasteiger partial charge is 0.548 e. The van der Waals surface area contributed by atoms with Gasteiger partial charge in [0.2, 0.25) is 5.91 Å². The van der Waals surface area contributed by atoms with Crippen LogP contribution in [0.15, 0.2) is 103 Å². The van der Waals surface area contributed by atoms with Crippen molar-refractivity contribution in [1.82, 2.24) is 4.90 Å². The molecule has 39 heavy (non-hydrogen) atoms. The number of methoxy groups -OCH3 is 1. The fourth-order valence-corrected chi connectivity index (χ4v) is 5.04. The first-order valence-electron chi connectivity index (χ1n) is 12.5. The number of aliphatic carboxylic acids is 1. The predicted molar refractivity (Wildman–Crippen MR) is 142 cm³/mol. The van der Waals surface area contributed by atoms with Gasteiger partial charge in [-0.15, -0.1) is 0 Å². The summed E-state index contributed by atoms with van der Waals surface area (Å²) in [6.07, 6.45) is 0.0566. The minimum atomic E-state index is -1.30. The summed E-state index contributed by atoms with van der Waals surface area (Å²) in [6, 6.07) is 31.1. The predicted octanol–water partition coefficient (Wildman–Crippen LogP) is 1.11. The normalized spacial score (nSPS) is 14.2. The van der Waals surface area contributed by atoms with Gasteiger partial charge in [-0.05, 0) is 28.3 Å². The van der Waals surface area contributed by atoms with Gasteiger partial charge in [-0.2, -0.15) is 0 Å². The van der Waals surface area contributed by atoms with E-state index in [1.807, 2.05) is 97.1 Å². The van der Waals surface area contributed by atoms with Crippen LogP contribution in [0, 0.1) is 0 Å². The molecule has 1 aliphatic heterocycles. The Morgan fingerprint density at radius 3 is 1.97 bits per heavy atom. The molecule has 1 aliphatic rings. The van der Waals surface area contributed by atoms with E-state index in [4.69, 9.17) is 9.47 Å². The third-order valence-electron chi connectivity index (χ3n) is 6.95. The van der Waals surface area contributed by atoms with Gasteiger partial charge < -0.3 is 24.3 Å². The molecule has 1 amide bonds. The summed E-state index contributed by atoms with van der Waals surface area (Å²) in [6.45, 7) is 0.422. The summed E-state index contributed by atoms with van der Waals surface area (Å²) in [4.78, 5) is 28.0. The summed E-state index contributed by atoms with van der Waals surface area (Å²) in [5, 5.41) is 12.4. The molecule has 1 atom stereocenters. The van der Waals surface area contributed by atoms with Crippen molar-refractivity contribution < 1.29 is 53.7 Å². The average Bonchev–Trinajstić information content (AvgIpc) is 2.96. The molecule has 6 nitrogen and oxygen atoms in total. The summed E-state index contributed by atoms with van der Waals surface area (Å²) in [7, 11) is 1.55. The first-order chi connectivity index (χ1) is 18.6. The molecule has 0 fully saturated rings. The molecule has 0 saturated heterocycles. The van der Waals surface area contributed by atoms with Crippen molar-refractivity contribution in [3.63, 3.8) is 0 Å². The second kappa shape index (κ2) is 13.0. The monoisotopic (exact) mass is 529 g/mol. The zero-order valence-electron chi connectivity index (χ0n) is 22.1. The van der Waals surface area contributed by atoms with Crippen LogP contribution >= 0.6 is 0 Å². The number of carboxylic acid groups (broad SMARTS) is 1. The van der Waals surface area contributed by atoms with E-state index in [1.165, 1.54) is 4.90 Å². The molecule has 4 aromatic rings. The first-order valence-corrected chi connectivity index (χ1v) is 12.5. The van der Waals surface area contributed by atoms with Crippen LogP contribution in [0.3, 0.4) is 0 Å². The van der Waals surface area contributed by atoms with Crippen molar-refractivity contribution in [3.8, 4) is 11.5 Å². The number of benzene rings is 4. The van der Waals surface area contributed by atoms with E-state index < -0.39 is 17.9 Å². The second-order valence-corrected chi connectivity index (χ2v) is 9.27. The Balaban J connectivity index is 0.00000353. The third-order valence-corrected chi connectivity index (χ3v) is 6.95. The SMILES string of the molecule is COc1ccc2c(c1OCc1ccccc1)C[C@@H](C(=O)[O-])N(C(=O)C(c1ccccc1)c1ccccc1)C2.[Na+]. The number of fused-ring (bicyclic) bond motifs is 1. The molecule has 5 rings (SSSR count). The summed E-state index contributed by atoms with van der Waals surface area (Å²) in [5.74, 6) is -1.23. The zero-order valence-corrected chi connectivity index (χ0v) is 24.1. The maximum atomic E-state index is 14.1. The maximum absolute atomic E-state index is 14.1. The van der Waals surface area contributed by atoms with E-state index in [1.54, 1.807) is 13.2 Å². The van der Waals surface area contributed by atoms with Gasteiger partial charge in [0.25, 0.3) is 0 Å². The Hall–Kier alpha value is -3.58. The molecule has 0 unspecified atom stereocenters. The molecule has 1 heterocycles. The van der Waals surface area contributed by atoms with Gasteiger partial charge in [0.15, 0.2) is 11.5 Å². The van der Waals surface area contributed by atoms with Gasteiger partial charge in [0.1, 0.15) is 6.61 Å². The maximum Gasteiger partial charge on any atom is 1.00 e. The van der Waals surface area contributed by atoms with Gasteiger partial charge in [-0.25, -0.2) is 0 Å². The Kier molecular flexibility index (Phi) is 9.46. The minimum absolute atomic E-state index is 0. The molecule has 4 aromatic carbocycles. The van der Waals surface area contributed by atoms with Crippen LogP contribution in [0.4, 0.5) is 0 Å². The Morgan fingerprint density at radius 2 is 1.44 bits per heavy atom. The van der Waals surface area contributed by atoms with E-state index in [9.17, 15) is 14.7 Å². The summed E-state index contributed by atoms with van der Waals surface area (Å²) >= 11 is 0. The number of hydrogen-bond donors (Lipinski definition) is 0. The number of amides is 1. The molecule has 0 radical (unpaired) electrons. The van der Waals surface area contributed by atoms with Crippen LogP contribution in [-0.2, 0) is 29.2 Å². The molecule has 192 valence electrons. The standard InChI is InChI=1S/C32H29NO5.Na/c1-37-28-18-17-25-20-33(31(34)29(23-13-7-3-8-14-23)24-15-9-4-10-16-24)27(32(35)36)19-26(25)30(28)38-21-22-11-5-2-6-12-22;/h2-18,27,29H,19-21H2,1H3,(H,35,36);/q;+1/p-1/t27-;/m0./s1. The average molecular weight is 530 g/mol. The Labute approximate surface area is 250 Å². The minimum Gasteiger partial charge on any atom is -0.548 e. The molecular weight excluding hydrogens is 501 g/mol. The van der Waals surface area contributed by atoms with Crippen LogP contribution < -0.4 is 44.1 Å². The largest absolute Gasteiger partial charge is 1.00 e. The van der Waals surface area contributed by atoms with E-state index in [2.05, 4.69) is 0 Å². The van der Waals surface area contributed by atoms with Gasteiger partial charge in [-0.1, -0.05) is 97.1 Å². The molecule has 0 aromatic heterocycles. The van der Waals surface area contributed by atoms with Crippen LogP contribution in [0.25, 0.3) is 0 Å². The van der Waals surface area contributed by atoms with Crippen molar-refractivity contribution in [2.24, 2.45) is 0 Å². The molecule has 7 heteroatoms. The van der Waals surface area contributed by atoms with Crippen molar-refractivity contribution in [2.75, 3.05) is 7.11 Å². The van der Waals surface area contributed by atoms with Crippen LogP contribution in [0.5, 0.6) is 11.5 Å². The Bertz CT molecular complexity index is 1370. The molecule has 0 bridgehead atoms. The number of carboxylic acids is 1. The van der Waals surface area contributed by atoms with Gasteiger partial charge >= 0.3 is 29.6 Å². The van der Waals surface area contributed by atoms with Gasteiger partial charge in [0.05, 0.1) is 25.0 Å². The molecule has 0 N–H and O–H groups in total. The number of carbonyl (C=O) groups excluding carboxylic acids is 2. The number of hydrogen-bond acceptors (Lipinski definition) is 5. The van der Waals surface area contributed by atoms with Crippen molar-refractivity contribution in [3.05, 3.63) is 131 Å². The molecule has 0 saturated carbocycles. The van der Waals surface area contributed by atoms with Crippen molar-refractivity contribution >= 4 is 11.9 Å². The fraction of sp³-hybridized carbons (Fsp3) is 0.188. The summed E-state index contributed by atoms with van der Waals surface area (Å²) < 4.78 is 11.7. The number of ether oxygens (including phenoxy) is 2. The van der Waals surface area contributed by atoms with Crippen molar-refractivity contribution in [1.29, 1.82) is 0 Å². The molecule has 0 spiro atoms.